The second-order valence-corrected chi connectivity index (χ2v) is 19.2. The summed E-state index contributed by atoms with van der Waals surface area (Å²) in [7, 11) is 0. The van der Waals surface area contributed by atoms with Crippen LogP contribution in [0.15, 0.2) is 48.6 Å². The lowest BCUT2D eigenvalue weighted by atomic mass is 10.1. The molecular weight excluding hydrogens is 817 g/mol. The van der Waals surface area contributed by atoms with E-state index in [4.69, 9.17) is 14.2 Å². The summed E-state index contributed by atoms with van der Waals surface area (Å²) in [5.74, 6) is -0.894. The summed E-state index contributed by atoms with van der Waals surface area (Å²) in [6.45, 7) is 6.61. The third-order valence-corrected chi connectivity index (χ3v) is 12.5. The van der Waals surface area contributed by atoms with Crippen LogP contribution in [-0.2, 0) is 28.6 Å². The van der Waals surface area contributed by atoms with Gasteiger partial charge in [0.05, 0.1) is 0 Å². The molecule has 0 unspecified atom stereocenters. The molecule has 6 nitrogen and oxygen atoms in total. The Labute approximate surface area is 409 Å². The van der Waals surface area contributed by atoms with E-state index in [1.807, 2.05) is 0 Å². The first-order valence-electron chi connectivity index (χ1n) is 28.6. The molecule has 66 heavy (non-hydrogen) atoms. The molecule has 0 rings (SSSR count). The van der Waals surface area contributed by atoms with Crippen molar-refractivity contribution in [3.8, 4) is 0 Å². The van der Waals surface area contributed by atoms with E-state index < -0.39 is 6.10 Å². The highest BCUT2D eigenvalue weighted by Crippen LogP contribution is 2.15. The van der Waals surface area contributed by atoms with Crippen LogP contribution in [0.5, 0.6) is 0 Å². The number of unbranched alkanes of at least 4 members (excludes halogenated alkanes) is 33. The number of hydrogen-bond acceptors (Lipinski definition) is 6. The highest BCUT2D eigenvalue weighted by molar-refractivity contribution is 5.71. The minimum atomic E-state index is -0.783. The van der Waals surface area contributed by atoms with E-state index in [-0.39, 0.29) is 31.1 Å². The van der Waals surface area contributed by atoms with Crippen molar-refractivity contribution in [2.75, 3.05) is 13.2 Å². The van der Waals surface area contributed by atoms with Gasteiger partial charge >= 0.3 is 17.9 Å². The number of hydrogen-bond donors (Lipinski definition) is 0. The normalized spacial score (nSPS) is 12.3. The van der Waals surface area contributed by atoms with Crippen LogP contribution in [0.4, 0.5) is 0 Å². The van der Waals surface area contributed by atoms with E-state index in [1.54, 1.807) is 0 Å². The van der Waals surface area contributed by atoms with Crippen molar-refractivity contribution in [3.05, 3.63) is 48.6 Å². The maximum absolute atomic E-state index is 12.8. The van der Waals surface area contributed by atoms with Crippen LogP contribution in [0.2, 0.25) is 0 Å². The Bertz CT molecular complexity index is 1150. The van der Waals surface area contributed by atoms with Gasteiger partial charge in [-0.05, 0) is 103 Å². The van der Waals surface area contributed by atoms with Gasteiger partial charge in [0.25, 0.3) is 0 Å². The maximum Gasteiger partial charge on any atom is 0.306 e. The molecule has 0 aliphatic rings. The van der Waals surface area contributed by atoms with Crippen molar-refractivity contribution < 1.29 is 28.6 Å². The second-order valence-electron chi connectivity index (χ2n) is 19.2. The predicted molar refractivity (Wildman–Crippen MR) is 284 cm³/mol. The van der Waals surface area contributed by atoms with Gasteiger partial charge in [-0.1, -0.05) is 223 Å². The number of carbonyl (C=O) groups is 3. The minimum Gasteiger partial charge on any atom is -0.462 e. The van der Waals surface area contributed by atoms with Gasteiger partial charge in [-0.2, -0.15) is 0 Å². The lowest BCUT2D eigenvalue weighted by molar-refractivity contribution is -0.167. The Morgan fingerprint density at radius 3 is 0.879 bits per heavy atom. The second kappa shape index (κ2) is 55.0. The number of rotatable bonds is 52. The number of ether oxygens (including phenoxy) is 3. The summed E-state index contributed by atoms with van der Waals surface area (Å²) < 4.78 is 16.8. The monoisotopic (exact) mass is 925 g/mol. The van der Waals surface area contributed by atoms with E-state index in [2.05, 4.69) is 69.4 Å². The van der Waals surface area contributed by atoms with Gasteiger partial charge in [0, 0.05) is 19.3 Å². The van der Waals surface area contributed by atoms with Crippen molar-refractivity contribution >= 4 is 17.9 Å². The maximum atomic E-state index is 12.8. The summed E-state index contributed by atoms with van der Waals surface area (Å²) in [5, 5.41) is 0. The van der Waals surface area contributed by atoms with Crippen molar-refractivity contribution in [1.29, 1.82) is 0 Å². The molecule has 0 fully saturated rings. The summed E-state index contributed by atoms with van der Waals surface area (Å²) in [6.07, 6.45) is 66.7. The zero-order valence-corrected chi connectivity index (χ0v) is 44.0. The predicted octanol–water partition coefficient (Wildman–Crippen LogP) is 19.0. The number of allylic oxidation sites excluding steroid dienone is 8. The van der Waals surface area contributed by atoms with E-state index in [0.29, 0.717) is 19.3 Å². The zero-order valence-electron chi connectivity index (χ0n) is 44.0. The van der Waals surface area contributed by atoms with E-state index >= 15 is 0 Å². The topological polar surface area (TPSA) is 78.9 Å². The fourth-order valence-corrected chi connectivity index (χ4v) is 8.17. The highest BCUT2D eigenvalue weighted by atomic mass is 16.6. The number of carbonyl (C=O) groups excluding carboxylic acids is 3. The molecule has 0 amide bonds. The van der Waals surface area contributed by atoms with Gasteiger partial charge in [-0.25, -0.2) is 0 Å². The van der Waals surface area contributed by atoms with Crippen LogP contribution in [0, 0.1) is 0 Å². The Kier molecular flexibility index (Phi) is 52.8. The molecule has 0 spiro atoms. The van der Waals surface area contributed by atoms with Crippen LogP contribution < -0.4 is 0 Å². The van der Waals surface area contributed by atoms with Crippen LogP contribution in [-0.4, -0.2) is 37.2 Å². The molecule has 6 heteroatoms. The fraction of sp³-hybridized carbons (Fsp3) is 0.817. The zero-order chi connectivity index (χ0) is 47.9. The third kappa shape index (κ3) is 52.3. The summed E-state index contributed by atoms with van der Waals surface area (Å²) in [4.78, 5) is 38.1. The first-order chi connectivity index (χ1) is 32.5. The van der Waals surface area contributed by atoms with E-state index in [1.165, 1.54) is 167 Å². The SMILES string of the molecule is CCCCC/C=C\C/C=C\CCCCCCCC(=O)O[C@H](COC(=O)CCCCCCC/C=C\CCCCCCC)COC(=O)CCCCCCCCCCC/C=C\CCCCCCCC. The summed E-state index contributed by atoms with van der Waals surface area (Å²) in [5.41, 5.74) is 0. The molecule has 0 aliphatic carbocycles. The first-order valence-corrected chi connectivity index (χ1v) is 28.6. The number of esters is 3. The van der Waals surface area contributed by atoms with Gasteiger partial charge in [0.1, 0.15) is 13.2 Å². The van der Waals surface area contributed by atoms with Crippen molar-refractivity contribution in [2.24, 2.45) is 0 Å². The molecule has 0 aromatic heterocycles. The Morgan fingerprint density at radius 2 is 0.545 bits per heavy atom. The molecule has 0 aliphatic heterocycles. The van der Waals surface area contributed by atoms with Gasteiger partial charge in [-0.15, -0.1) is 0 Å². The average Bonchev–Trinajstić information content (AvgIpc) is 3.31. The summed E-state index contributed by atoms with van der Waals surface area (Å²) >= 11 is 0. The van der Waals surface area contributed by atoms with Crippen molar-refractivity contribution in [2.45, 2.75) is 303 Å². The lowest BCUT2D eigenvalue weighted by Gasteiger charge is -2.18. The Morgan fingerprint density at radius 1 is 0.303 bits per heavy atom. The molecule has 0 aromatic carbocycles. The largest absolute Gasteiger partial charge is 0.462 e. The third-order valence-electron chi connectivity index (χ3n) is 12.5. The van der Waals surface area contributed by atoms with Crippen LogP contribution >= 0.6 is 0 Å². The molecule has 384 valence electrons. The molecule has 0 N–H and O–H groups in total. The molecular formula is C60H108O6. The molecule has 0 bridgehead atoms. The quantitative estimate of drug-likeness (QED) is 0.0262. The van der Waals surface area contributed by atoms with E-state index in [9.17, 15) is 14.4 Å². The smallest absolute Gasteiger partial charge is 0.306 e. The molecule has 1 atom stereocenters. The van der Waals surface area contributed by atoms with Crippen LogP contribution in [0.25, 0.3) is 0 Å². The van der Waals surface area contributed by atoms with Crippen molar-refractivity contribution in [3.63, 3.8) is 0 Å². The van der Waals surface area contributed by atoms with Crippen LogP contribution in [0.1, 0.15) is 297 Å². The van der Waals surface area contributed by atoms with Gasteiger partial charge in [-0.3, -0.25) is 14.4 Å². The minimum absolute atomic E-state index is 0.0811. The van der Waals surface area contributed by atoms with Gasteiger partial charge < -0.3 is 14.2 Å². The fourth-order valence-electron chi connectivity index (χ4n) is 8.17. The first kappa shape index (κ1) is 63.4. The molecule has 0 radical (unpaired) electrons. The molecule has 0 aromatic rings. The standard InChI is InChI=1S/C60H108O6/c1-4-7-10-13-16-19-22-25-28-29-30-31-33-35-38-41-44-47-50-53-59(62)65-56-57(55-64-58(61)52-49-46-43-40-37-34-27-24-21-18-15-12-9-6-3)66-60(63)54-51-48-45-42-39-36-32-26-23-20-17-14-11-8-5-2/h17,20,24-28,32,57H,4-16,18-19,21-23,29-31,33-56H2,1-3H3/b20-17-,27-24-,28-25-,32-26-/t57-/m1/s1. The Balaban J connectivity index is 4.37. The van der Waals surface area contributed by atoms with Crippen LogP contribution in [0.3, 0.4) is 0 Å². The molecule has 0 saturated carbocycles. The molecule has 0 saturated heterocycles. The highest BCUT2D eigenvalue weighted by Gasteiger charge is 2.19. The Hall–Kier alpha value is -2.63. The molecule has 0 heterocycles. The van der Waals surface area contributed by atoms with Crippen molar-refractivity contribution in [1.82, 2.24) is 0 Å². The summed E-state index contributed by atoms with van der Waals surface area (Å²) in [6, 6.07) is 0. The lowest BCUT2D eigenvalue weighted by Crippen LogP contribution is -2.30. The van der Waals surface area contributed by atoms with Gasteiger partial charge in [0.2, 0.25) is 0 Å². The van der Waals surface area contributed by atoms with E-state index in [0.717, 1.165) is 89.9 Å². The van der Waals surface area contributed by atoms with Gasteiger partial charge in [0.15, 0.2) is 6.10 Å². The average molecular weight is 926 g/mol.